The van der Waals surface area contributed by atoms with Gasteiger partial charge in [0.05, 0.1) is 6.10 Å². The van der Waals surface area contributed by atoms with E-state index in [-0.39, 0.29) is 11.8 Å². The van der Waals surface area contributed by atoms with Gasteiger partial charge >= 0.3 is 6.09 Å². The molecule has 0 bridgehead atoms. The van der Waals surface area contributed by atoms with Crippen molar-refractivity contribution in [3.63, 3.8) is 0 Å². The van der Waals surface area contributed by atoms with Crippen LogP contribution in [0.25, 0.3) is 0 Å². The zero-order valence-corrected chi connectivity index (χ0v) is 21.7. The molecule has 1 aliphatic rings. The summed E-state index contributed by atoms with van der Waals surface area (Å²) in [5.74, 6) is -0.479. The van der Waals surface area contributed by atoms with Gasteiger partial charge in [-0.25, -0.2) is 4.79 Å². The predicted molar refractivity (Wildman–Crippen MR) is 138 cm³/mol. The molecular weight excluding hydrogens is 440 g/mol. The van der Waals surface area contributed by atoms with Crippen LogP contribution in [0.1, 0.15) is 57.7 Å². The summed E-state index contributed by atoms with van der Waals surface area (Å²) in [6, 6.07) is 17.2. The van der Waals surface area contributed by atoms with Gasteiger partial charge in [-0.3, -0.25) is 9.69 Å². The van der Waals surface area contributed by atoms with Crippen LogP contribution >= 0.6 is 0 Å². The van der Waals surface area contributed by atoms with Crippen LogP contribution in [0.4, 0.5) is 4.79 Å². The van der Waals surface area contributed by atoms with Gasteiger partial charge in [0.25, 0.3) is 0 Å². The molecular formula is C29H40N2O4. The quantitative estimate of drug-likeness (QED) is 0.588. The summed E-state index contributed by atoms with van der Waals surface area (Å²) in [5, 5.41) is 11.5. The van der Waals surface area contributed by atoms with Gasteiger partial charge in [0.1, 0.15) is 11.6 Å². The van der Waals surface area contributed by atoms with E-state index in [9.17, 15) is 14.7 Å². The molecule has 35 heavy (non-hydrogen) atoms. The molecule has 1 heterocycles. The molecule has 3 atom stereocenters. The number of hydrogen-bond acceptors (Lipinski definition) is 4. The van der Waals surface area contributed by atoms with E-state index in [1.54, 1.807) is 25.7 Å². The largest absolute Gasteiger partial charge is 0.444 e. The van der Waals surface area contributed by atoms with Gasteiger partial charge in [0.15, 0.2) is 0 Å². The normalized spacial score (nSPS) is 18.3. The molecule has 2 aromatic rings. The summed E-state index contributed by atoms with van der Waals surface area (Å²) in [7, 11) is 0. The minimum atomic E-state index is -1.02. The molecule has 0 aromatic heterocycles. The lowest BCUT2D eigenvalue weighted by molar-refractivity contribution is -0.149. The molecule has 1 aliphatic heterocycles. The average molecular weight is 481 g/mol. The smallest absolute Gasteiger partial charge is 0.411 e. The molecule has 190 valence electrons. The van der Waals surface area contributed by atoms with Crippen LogP contribution in [0, 0.1) is 5.92 Å². The fraction of sp³-hybridized carbons (Fsp3) is 0.517. The highest BCUT2D eigenvalue weighted by molar-refractivity contribution is 5.87. The van der Waals surface area contributed by atoms with Crippen LogP contribution < -0.4 is 0 Å². The third-order valence-electron chi connectivity index (χ3n) is 6.35. The summed E-state index contributed by atoms with van der Waals surface area (Å²) in [4.78, 5) is 29.9. The summed E-state index contributed by atoms with van der Waals surface area (Å²) in [5.41, 5.74) is 2.71. The first-order chi connectivity index (χ1) is 16.6. The Bertz CT molecular complexity index is 986. The molecule has 2 aromatic carbocycles. The van der Waals surface area contributed by atoms with Gasteiger partial charge in [0.2, 0.25) is 5.91 Å². The Morgan fingerprint density at radius 2 is 1.71 bits per heavy atom. The highest BCUT2D eigenvalue weighted by Crippen LogP contribution is 2.25. The second-order valence-corrected chi connectivity index (χ2v) is 10.6. The summed E-state index contributed by atoms with van der Waals surface area (Å²) in [6.45, 7) is 10.6. The second-order valence-electron chi connectivity index (χ2n) is 10.6. The maximum Gasteiger partial charge on any atom is 0.411 e. The van der Waals surface area contributed by atoms with Crippen LogP contribution in [0.2, 0.25) is 0 Å². The Morgan fingerprint density at radius 1 is 1.06 bits per heavy atom. The molecule has 1 fully saturated rings. The second kappa shape index (κ2) is 11.7. The molecule has 0 spiro atoms. The van der Waals surface area contributed by atoms with Crippen molar-refractivity contribution in [2.45, 2.75) is 78.2 Å². The fourth-order valence-corrected chi connectivity index (χ4v) is 4.62. The summed E-state index contributed by atoms with van der Waals surface area (Å²) >= 11 is 0. The van der Waals surface area contributed by atoms with Crippen molar-refractivity contribution >= 4 is 12.0 Å². The third kappa shape index (κ3) is 7.31. The van der Waals surface area contributed by atoms with Gasteiger partial charge < -0.3 is 14.7 Å². The number of aryl methyl sites for hydroxylation is 1. The van der Waals surface area contributed by atoms with Gasteiger partial charge in [-0.2, -0.15) is 0 Å². The fourth-order valence-electron chi connectivity index (χ4n) is 4.62. The molecule has 0 radical (unpaired) electrons. The van der Waals surface area contributed by atoms with Gasteiger partial charge in [-0.15, -0.1) is 0 Å². The number of hydrogen-bond donors (Lipinski definition) is 1. The standard InChI is InChI=1S/C29H40N2O4/c1-6-11-22-14-10-15-24(19-22)18-21(2)26(32)25-27(33)30(20-23-12-8-7-9-13-23)16-17-31(25)28(34)35-29(3,4)5/h7-10,12-15,19,21,25-26,32H,6,11,16-18,20H2,1-5H3/t21-,25-,26-/m0/s1. The van der Waals surface area contributed by atoms with Crippen molar-refractivity contribution < 1.29 is 19.4 Å². The number of nitrogens with zero attached hydrogens (tertiary/aromatic N) is 2. The maximum atomic E-state index is 13.7. The number of aliphatic hydroxyl groups is 1. The van der Waals surface area contributed by atoms with E-state index in [1.807, 2.05) is 43.3 Å². The number of aliphatic hydroxyl groups excluding tert-OH is 1. The minimum Gasteiger partial charge on any atom is -0.444 e. The zero-order chi connectivity index (χ0) is 25.6. The van der Waals surface area contributed by atoms with Gasteiger partial charge in [-0.05, 0) is 56.2 Å². The van der Waals surface area contributed by atoms with Crippen LogP contribution in [0.3, 0.4) is 0 Å². The van der Waals surface area contributed by atoms with Crippen molar-refractivity contribution in [2.75, 3.05) is 13.1 Å². The maximum absolute atomic E-state index is 13.7. The number of benzene rings is 2. The topological polar surface area (TPSA) is 70.1 Å². The van der Waals surface area contributed by atoms with Crippen molar-refractivity contribution in [3.05, 3.63) is 71.3 Å². The third-order valence-corrected chi connectivity index (χ3v) is 6.35. The lowest BCUT2D eigenvalue weighted by Gasteiger charge is -2.43. The minimum absolute atomic E-state index is 0.234. The Labute approximate surface area is 209 Å². The number of amides is 2. The van der Waals surface area contributed by atoms with E-state index in [2.05, 4.69) is 25.1 Å². The van der Waals surface area contributed by atoms with Crippen LogP contribution in [0.5, 0.6) is 0 Å². The Balaban J connectivity index is 1.82. The first-order valence-corrected chi connectivity index (χ1v) is 12.7. The highest BCUT2D eigenvalue weighted by Gasteiger charge is 2.44. The summed E-state index contributed by atoms with van der Waals surface area (Å²) < 4.78 is 5.61. The van der Waals surface area contributed by atoms with Gasteiger partial charge in [0, 0.05) is 19.6 Å². The number of piperazine rings is 1. The SMILES string of the molecule is CCCc1cccc(C[C@H](C)[C@H](O)[C@H]2C(=O)N(Cc3ccccc3)CCN2C(=O)OC(C)(C)C)c1. The monoisotopic (exact) mass is 480 g/mol. The molecule has 0 aliphatic carbocycles. The van der Waals surface area contributed by atoms with Crippen molar-refractivity contribution in [1.82, 2.24) is 9.80 Å². The average Bonchev–Trinajstić information content (AvgIpc) is 2.80. The van der Waals surface area contributed by atoms with E-state index >= 15 is 0 Å². The molecule has 6 nitrogen and oxygen atoms in total. The molecule has 6 heteroatoms. The van der Waals surface area contributed by atoms with Crippen LogP contribution in [-0.2, 0) is 28.9 Å². The lowest BCUT2D eigenvalue weighted by Crippen LogP contribution is -2.64. The highest BCUT2D eigenvalue weighted by atomic mass is 16.6. The number of rotatable bonds is 8. The number of carbonyl (C=O) groups excluding carboxylic acids is 2. The van der Waals surface area contributed by atoms with E-state index in [4.69, 9.17) is 4.74 Å². The molecule has 1 saturated heterocycles. The first-order valence-electron chi connectivity index (χ1n) is 12.7. The molecule has 1 N–H and O–H groups in total. The predicted octanol–water partition coefficient (Wildman–Crippen LogP) is 4.83. The van der Waals surface area contributed by atoms with Crippen molar-refractivity contribution in [1.29, 1.82) is 0 Å². The first kappa shape index (κ1) is 26.7. The van der Waals surface area contributed by atoms with Crippen LogP contribution in [0.15, 0.2) is 54.6 Å². The van der Waals surface area contributed by atoms with Crippen LogP contribution in [-0.4, -0.2) is 57.7 Å². The Kier molecular flexibility index (Phi) is 8.95. The Morgan fingerprint density at radius 3 is 2.37 bits per heavy atom. The summed E-state index contributed by atoms with van der Waals surface area (Å²) in [6.07, 6.45) is 1.10. The van der Waals surface area contributed by atoms with E-state index < -0.39 is 23.8 Å². The molecule has 0 unspecified atom stereocenters. The van der Waals surface area contributed by atoms with Crippen molar-refractivity contribution in [2.24, 2.45) is 5.92 Å². The van der Waals surface area contributed by atoms with E-state index in [1.165, 1.54) is 10.5 Å². The number of ether oxygens (including phenoxy) is 1. The lowest BCUT2D eigenvalue weighted by atomic mass is 9.88. The molecule has 0 saturated carbocycles. The zero-order valence-electron chi connectivity index (χ0n) is 21.7. The molecule has 3 rings (SSSR count). The number of carbonyl (C=O) groups is 2. The van der Waals surface area contributed by atoms with E-state index in [0.29, 0.717) is 26.1 Å². The molecule has 2 amide bonds. The Hall–Kier alpha value is -2.86. The van der Waals surface area contributed by atoms with E-state index in [0.717, 1.165) is 24.0 Å². The van der Waals surface area contributed by atoms with Crippen molar-refractivity contribution in [3.8, 4) is 0 Å². The van der Waals surface area contributed by atoms with Gasteiger partial charge in [-0.1, -0.05) is 74.9 Å².